The van der Waals surface area contributed by atoms with Crippen molar-refractivity contribution in [2.45, 2.75) is 45.8 Å². The van der Waals surface area contributed by atoms with Crippen molar-refractivity contribution in [2.75, 3.05) is 19.7 Å². The molecule has 6 heteroatoms. The van der Waals surface area contributed by atoms with Gasteiger partial charge in [-0.2, -0.15) is 0 Å². The molecule has 0 saturated carbocycles. The van der Waals surface area contributed by atoms with Gasteiger partial charge in [-0.25, -0.2) is 4.98 Å². The maximum absolute atomic E-state index is 10.2. The maximum Gasteiger partial charge on any atom is 0.207 e. The van der Waals surface area contributed by atoms with Crippen LogP contribution in [0.1, 0.15) is 37.4 Å². The molecule has 1 aromatic heterocycles. The molecule has 1 aliphatic rings. The summed E-state index contributed by atoms with van der Waals surface area (Å²) in [5.74, 6) is 0. The lowest BCUT2D eigenvalue weighted by Crippen LogP contribution is -2.17. The number of hydrogen-bond donors (Lipinski definition) is 2. The molecule has 2 heterocycles. The SMILES string of the molecule is CCCCOC1CCNC1.Cc1ncsc1-c1ccc(CNC=O)cc1. The van der Waals surface area contributed by atoms with E-state index in [4.69, 9.17) is 4.74 Å². The van der Waals surface area contributed by atoms with Gasteiger partial charge >= 0.3 is 0 Å². The van der Waals surface area contributed by atoms with Crippen LogP contribution < -0.4 is 10.6 Å². The minimum Gasteiger partial charge on any atom is -0.377 e. The second kappa shape index (κ2) is 11.8. The highest BCUT2D eigenvalue weighted by atomic mass is 32.1. The van der Waals surface area contributed by atoms with E-state index < -0.39 is 0 Å². The van der Waals surface area contributed by atoms with Crippen molar-refractivity contribution in [3.63, 3.8) is 0 Å². The fourth-order valence-corrected chi connectivity index (χ4v) is 3.49. The maximum atomic E-state index is 10.2. The Morgan fingerprint density at radius 3 is 2.77 bits per heavy atom. The van der Waals surface area contributed by atoms with Gasteiger partial charge < -0.3 is 15.4 Å². The van der Waals surface area contributed by atoms with Crippen LogP contribution in [0.25, 0.3) is 10.4 Å². The standard InChI is InChI=1S/C12H12N2OS.C8H17NO/c1-9-12(16-8-14-9)11-4-2-10(3-5-11)6-13-7-15;1-2-3-6-10-8-4-5-9-7-8/h2-5,7-8H,6H2,1H3,(H,13,15);8-9H,2-7H2,1H3. The third kappa shape index (κ3) is 6.86. The molecule has 1 amide bonds. The molecule has 26 heavy (non-hydrogen) atoms. The first kappa shape index (κ1) is 20.6. The Morgan fingerprint density at radius 2 is 2.19 bits per heavy atom. The molecule has 5 nitrogen and oxygen atoms in total. The van der Waals surface area contributed by atoms with E-state index in [0.29, 0.717) is 19.1 Å². The van der Waals surface area contributed by atoms with Crippen molar-refractivity contribution in [1.29, 1.82) is 0 Å². The van der Waals surface area contributed by atoms with Crippen LogP contribution in [0.2, 0.25) is 0 Å². The number of aromatic nitrogens is 1. The fourth-order valence-electron chi connectivity index (χ4n) is 2.68. The summed E-state index contributed by atoms with van der Waals surface area (Å²) in [6.45, 7) is 7.92. The van der Waals surface area contributed by atoms with Crippen molar-refractivity contribution in [3.8, 4) is 10.4 Å². The van der Waals surface area contributed by atoms with E-state index in [-0.39, 0.29) is 0 Å². The summed E-state index contributed by atoms with van der Waals surface area (Å²) in [6.07, 6.45) is 4.85. The van der Waals surface area contributed by atoms with Gasteiger partial charge in [0.15, 0.2) is 0 Å². The van der Waals surface area contributed by atoms with E-state index in [1.807, 2.05) is 24.6 Å². The molecule has 0 bridgehead atoms. The molecule has 1 aromatic carbocycles. The summed E-state index contributed by atoms with van der Waals surface area (Å²) in [4.78, 5) is 15.6. The summed E-state index contributed by atoms with van der Waals surface area (Å²) in [6, 6.07) is 8.15. The summed E-state index contributed by atoms with van der Waals surface area (Å²) in [5, 5.41) is 5.91. The molecule has 0 aliphatic carbocycles. The zero-order valence-corrected chi connectivity index (χ0v) is 16.5. The Balaban J connectivity index is 0.000000209. The lowest BCUT2D eigenvalue weighted by atomic mass is 10.1. The number of carbonyl (C=O) groups excluding carboxylic acids is 1. The Bertz CT molecular complexity index is 637. The highest BCUT2D eigenvalue weighted by molar-refractivity contribution is 7.13. The normalized spacial score (nSPS) is 16.0. The zero-order valence-electron chi connectivity index (χ0n) is 15.7. The first-order valence-corrected chi connectivity index (χ1v) is 10.1. The van der Waals surface area contributed by atoms with Crippen LogP contribution in [0.3, 0.4) is 0 Å². The third-order valence-corrected chi connectivity index (χ3v) is 5.20. The monoisotopic (exact) mass is 375 g/mol. The molecule has 3 rings (SSSR count). The molecule has 0 spiro atoms. The summed E-state index contributed by atoms with van der Waals surface area (Å²) in [5.41, 5.74) is 5.18. The van der Waals surface area contributed by atoms with Crippen molar-refractivity contribution in [3.05, 3.63) is 41.0 Å². The van der Waals surface area contributed by atoms with Crippen LogP contribution in [0.5, 0.6) is 0 Å². The number of unbranched alkanes of at least 4 members (excludes halogenated alkanes) is 1. The highest BCUT2D eigenvalue weighted by Gasteiger charge is 2.13. The molecular weight excluding hydrogens is 346 g/mol. The number of rotatable bonds is 8. The molecule has 0 radical (unpaired) electrons. The van der Waals surface area contributed by atoms with Gasteiger partial charge in [-0.15, -0.1) is 11.3 Å². The number of carbonyl (C=O) groups is 1. The average molecular weight is 376 g/mol. The Kier molecular flexibility index (Phi) is 9.31. The second-order valence-electron chi connectivity index (χ2n) is 6.30. The van der Waals surface area contributed by atoms with Crippen LogP contribution in [-0.2, 0) is 16.1 Å². The van der Waals surface area contributed by atoms with Crippen LogP contribution >= 0.6 is 11.3 Å². The van der Waals surface area contributed by atoms with Gasteiger partial charge in [0.2, 0.25) is 6.41 Å². The van der Waals surface area contributed by atoms with Gasteiger partial charge in [0.25, 0.3) is 0 Å². The summed E-state index contributed by atoms with van der Waals surface area (Å²) in [7, 11) is 0. The molecule has 142 valence electrons. The Labute approximate surface area is 160 Å². The van der Waals surface area contributed by atoms with E-state index in [1.54, 1.807) is 11.3 Å². The van der Waals surface area contributed by atoms with Gasteiger partial charge in [0.1, 0.15) is 0 Å². The number of aryl methyl sites for hydroxylation is 1. The number of nitrogens with zero attached hydrogens (tertiary/aromatic N) is 1. The van der Waals surface area contributed by atoms with Crippen LogP contribution in [0.4, 0.5) is 0 Å². The highest BCUT2D eigenvalue weighted by Crippen LogP contribution is 2.27. The molecule has 1 unspecified atom stereocenters. The van der Waals surface area contributed by atoms with Crippen molar-refractivity contribution < 1.29 is 9.53 Å². The van der Waals surface area contributed by atoms with Gasteiger partial charge in [-0.3, -0.25) is 4.79 Å². The van der Waals surface area contributed by atoms with Gasteiger partial charge in [-0.1, -0.05) is 37.6 Å². The first-order chi connectivity index (χ1) is 12.7. The number of nitrogens with one attached hydrogen (secondary N) is 2. The number of thiazole rings is 1. The predicted molar refractivity (Wildman–Crippen MR) is 107 cm³/mol. The number of benzene rings is 1. The topological polar surface area (TPSA) is 63.2 Å². The van der Waals surface area contributed by atoms with Crippen molar-refractivity contribution in [2.24, 2.45) is 0 Å². The molecule has 1 saturated heterocycles. The number of ether oxygens (including phenoxy) is 1. The van der Waals surface area contributed by atoms with Crippen molar-refractivity contribution >= 4 is 17.7 Å². The van der Waals surface area contributed by atoms with E-state index >= 15 is 0 Å². The lowest BCUT2D eigenvalue weighted by Gasteiger charge is -2.08. The fraction of sp³-hybridized carbons (Fsp3) is 0.500. The number of hydrogen-bond acceptors (Lipinski definition) is 5. The summed E-state index contributed by atoms with van der Waals surface area (Å²) < 4.78 is 5.58. The predicted octanol–water partition coefficient (Wildman–Crippen LogP) is 3.53. The van der Waals surface area contributed by atoms with Gasteiger partial charge in [0, 0.05) is 19.7 Å². The molecule has 1 atom stereocenters. The minimum absolute atomic E-state index is 0.506. The molecular formula is C20H29N3O2S. The summed E-state index contributed by atoms with van der Waals surface area (Å²) >= 11 is 1.64. The van der Waals surface area contributed by atoms with Crippen LogP contribution in [0.15, 0.2) is 29.8 Å². The smallest absolute Gasteiger partial charge is 0.207 e. The number of amides is 1. The van der Waals surface area contributed by atoms with Crippen molar-refractivity contribution in [1.82, 2.24) is 15.6 Å². The largest absolute Gasteiger partial charge is 0.377 e. The second-order valence-corrected chi connectivity index (χ2v) is 7.16. The Hall–Kier alpha value is -1.76. The van der Waals surface area contributed by atoms with E-state index in [9.17, 15) is 4.79 Å². The van der Waals surface area contributed by atoms with E-state index in [1.165, 1.54) is 29.7 Å². The van der Waals surface area contributed by atoms with Gasteiger partial charge in [0.05, 0.1) is 22.2 Å². The minimum atomic E-state index is 0.506. The quantitative estimate of drug-likeness (QED) is 0.547. The molecule has 1 fully saturated rings. The lowest BCUT2D eigenvalue weighted by molar-refractivity contribution is -0.109. The molecule has 2 N–H and O–H groups in total. The average Bonchev–Trinajstić information content (AvgIpc) is 3.33. The van der Waals surface area contributed by atoms with Gasteiger partial charge in [-0.05, 0) is 37.4 Å². The van der Waals surface area contributed by atoms with Crippen LogP contribution in [0, 0.1) is 6.92 Å². The van der Waals surface area contributed by atoms with E-state index in [0.717, 1.165) is 31.0 Å². The zero-order chi connectivity index (χ0) is 18.6. The first-order valence-electron chi connectivity index (χ1n) is 9.23. The van der Waals surface area contributed by atoms with E-state index in [2.05, 4.69) is 34.7 Å². The Morgan fingerprint density at radius 1 is 1.38 bits per heavy atom. The molecule has 1 aliphatic heterocycles. The van der Waals surface area contributed by atoms with Crippen LogP contribution in [-0.4, -0.2) is 37.2 Å². The third-order valence-electron chi connectivity index (χ3n) is 4.22. The molecule has 2 aromatic rings.